The fraction of sp³-hybridized carbons (Fsp3) is 0.300. The number of esters is 1. The van der Waals surface area contributed by atoms with Gasteiger partial charge in [-0.1, -0.05) is 18.2 Å². The molecule has 0 bridgehead atoms. The summed E-state index contributed by atoms with van der Waals surface area (Å²) in [5.41, 5.74) is 1.55. The number of para-hydroxylation sites is 1. The van der Waals surface area contributed by atoms with E-state index in [2.05, 4.69) is 4.98 Å². The van der Waals surface area contributed by atoms with Crippen LogP contribution in [0.4, 0.5) is 10.5 Å². The maximum absolute atomic E-state index is 12.6. The van der Waals surface area contributed by atoms with E-state index >= 15 is 0 Å². The molecule has 39 heavy (non-hydrogen) atoms. The molecule has 0 spiro atoms. The lowest BCUT2D eigenvalue weighted by Gasteiger charge is -2.25. The zero-order valence-corrected chi connectivity index (χ0v) is 22.4. The van der Waals surface area contributed by atoms with Crippen molar-refractivity contribution in [2.45, 2.75) is 26.4 Å². The second kappa shape index (κ2) is 10.7. The number of hydrogen-bond donors (Lipinski definition) is 0. The third kappa shape index (κ3) is 6.14. The van der Waals surface area contributed by atoms with E-state index in [-0.39, 0.29) is 23.5 Å². The molecule has 1 unspecified atom stereocenters. The van der Waals surface area contributed by atoms with Gasteiger partial charge in [0.2, 0.25) is 5.88 Å². The second-order valence-corrected chi connectivity index (χ2v) is 10.4. The van der Waals surface area contributed by atoms with Crippen molar-refractivity contribution in [3.05, 3.63) is 84.2 Å². The van der Waals surface area contributed by atoms with Gasteiger partial charge in [-0.3, -0.25) is 0 Å². The van der Waals surface area contributed by atoms with Gasteiger partial charge in [-0.15, -0.1) is 0 Å². The van der Waals surface area contributed by atoms with Crippen molar-refractivity contribution in [3.63, 3.8) is 0 Å². The zero-order valence-electron chi connectivity index (χ0n) is 22.4. The van der Waals surface area contributed by atoms with E-state index in [0.717, 1.165) is 17.0 Å². The molecule has 2 aromatic carbocycles. The van der Waals surface area contributed by atoms with Crippen LogP contribution >= 0.6 is 0 Å². The number of carbonyl (C=O) groups is 2. The molecule has 0 radical (unpaired) electrons. The molecule has 3 aromatic rings. The molecular weight excluding hydrogens is 498 g/mol. The Balaban J connectivity index is 1.28. The van der Waals surface area contributed by atoms with Gasteiger partial charge >= 0.3 is 12.1 Å². The van der Waals surface area contributed by atoms with E-state index in [0.29, 0.717) is 31.1 Å². The van der Waals surface area contributed by atoms with Crippen molar-refractivity contribution >= 4 is 17.7 Å². The molecule has 1 fully saturated rings. The molecule has 9 heteroatoms. The van der Waals surface area contributed by atoms with Crippen LogP contribution in [0, 0.1) is 5.92 Å². The van der Waals surface area contributed by atoms with Gasteiger partial charge in [0.05, 0.1) is 19.0 Å². The first-order valence-corrected chi connectivity index (χ1v) is 12.7. The molecule has 3 heterocycles. The number of methoxy groups -OCH3 is 1. The molecule has 0 aliphatic carbocycles. The number of rotatable bonds is 6. The van der Waals surface area contributed by atoms with Gasteiger partial charge in [0.1, 0.15) is 28.4 Å². The first-order valence-electron chi connectivity index (χ1n) is 12.7. The molecule has 1 saturated heterocycles. The van der Waals surface area contributed by atoms with E-state index in [9.17, 15) is 9.59 Å². The minimum Gasteiger partial charge on any atom is -0.465 e. The van der Waals surface area contributed by atoms with Gasteiger partial charge in [0.25, 0.3) is 0 Å². The monoisotopic (exact) mass is 529 g/mol. The summed E-state index contributed by atoms with van der Waals surface area (Å²) in [4.78, 5) is 33.3. The number of likely N-dealkylation sites (tertiary alicyclic amines) is 1. The van der Waals surface area contributed by atoms with Crippen LogP contribution in [0.2, 0.25) is 0 Å². The zero-order chi connectivity index (χ0) is 27.6. The van der Waals surface area contributed by atoms with E-state index < -0.39 is 11.6 Å². The Kier molecular flexibility index (Phi) is 7.15. The molecule has 1 amide bonds. The van der Waals surface area contributed by atoms with Crippen LogP contribution in [-0.2, 0) is 9.47 Å². The summed E-state index contributed by atoms with van der Waals surface area (Å²) in [6.07, 6.45) is 3.37. The number of aromatic nitrogens is 1. The molecule has 0 N–H and O–H groups in total. The second-order valence-electron chi connectivity index (χ2n) is 10.4. The van der Waals surface area contributed by atoms with Crippen molar-refractivity contribution in [3.8, 4) is 23.1 Å². The summed E-state index contributed by atoms with van der Waals surface area (Å²) in [5.74, 6) is 1.67. The number of ether oxygens (including phenoxy) is 4. The topological polar surface area (TPSA) is 90.4 Å². The lowest BCUT2D eigenvalue weighted by atomic mass is 10.1. The van der Waals surface area contributed by atoms with Gasteiger partial charge < -0.3 is 28.7 Å². The summed E-state index contributed by atoms with van der Waals surface area (Å²) < 4.78 is 22.3. The molecule has 202 valence electrons. The quantitative estimate of drug-likeness (QED) is 0.358. The highest BCUT2D eigenvalue weighted by atomic mass is 16.6. The molecule has 0 saturated carbocycles. The number of hydrogen-bond acceptors (Lipinski definition) is 8. The predicted octanol–water partition coefficient (Wildman–Crippen LogP) is 6.02. The summed E-state index contributed by atoms with van der Waals surface area (Å²) in [6.45, 7) is 7.34. The molecular formula is C30H31N3O6. The Morgan fingerprint density at radius 3 is 2.23 bits per heavy atom. The van der Waals surface area contributed by atoms with Crippen LogP contribution in [0.25, 0.3) is 0 Å². The average molecular weight is 530 g/mol. The number of carbonyl (C=O) groups excluding carboxylic acids is 2. The lowest BCUT2D eigenvalue weighted by Crippen LogP contribution is -2.36. The summed E-state index contributed by atoms with van der Waals surface area (Å²) in [6, 6.07) is 18.2. The fourth-order valence-electron chi connectivity index (χ4n) is 4.50. The number of fused-ring (bicyclic) bond motifs is 1. The van der Waals surface area contributed by atoms with E-state index in [1.807, 2.05) is 62.2 Å². The van der Waals surface area contributed by atoms with Gasteiger partial charge in [-0.2, -0.15) is 0 Å². The predicted molar refractivity (Wildman–Crippen MR) is 145 cm³/mol. The van der Waals surface area contributed by atoms with E-state index in [1.54, 1.807) is 41.4 Å². The third-order valence-electron chi connectivity index (χ3n) is 6.32. The van der Waals surface area contributed by atoms with Crippen LogP contribution in [0.5, 0.6) is 23.1 Å². The summed E-state index contributed by atoms with van der Waals surface area (Å²) in [7, 11) is 1.32. The standard InChI is InChI=1S/C30H31N3O6/c1-30(2,3)39-29(35)33-18-20-16-32(17-21(20)19-33)22-14-26(28(34)36-4)27(31-15-22)38-25-12-10-24(11-13-25)37-23-8-6-5-7-9-23/h5-16,21H,17-19H2,1-4H3. The number of pyridine rings is 1. The van der Waals surface area contributed by atoms with Crippen molar-refractivity contribution in [1.82, 2.24) is 9.88 Å². The van der Waals surface area contributed by atoms with Crippen molar-refractivity contribution < 1.29 is 28.5 Å². The normalized spacial score (nSPS) is 16.4. The largest absolute Gasteiger partial charge is 0.465 e. The van der Waals surface area contributed by atoms with Crippen molar-refractivity contribution in [1.29, 1.82) is 0 Å². The van der Waals surface area contributed by atoms with Gasteiger partial charge in [0, 0.05) is 31.8 Å². The summed E-state index contributed by atoms with van der Waals surface area (Å²) in [5, 5.41) is 0. The first kappa shape index (κ1) is 26.1. The molecule has 2 aliphatic heterocycles. The average Bonchev–Trinajstić information content (AvgIpc) is 3.49. The number of benzene rings is 2. The highest BCUT2D eigenvalue weighted by Crippen LogP contribution is 2.35. The Hall–Kier alpha value is -4.53. The Morgan fingerprint density at radius 2 is 1.59 bits per heavy atom. The molecule has 2 aliphatic rings. The van der Waals surface area contributed by atoms with Crippen LogP contribution in [0.1, 0.15) is 31.1 Å². The number of amides is 1. The minimum absolute atomic E-state index is 0.144. The van der Waals surface area contributed by atoms with Gasteiger partial charge in [-0.25, -0.2) is 14.6 Å². The summed E-state index contributed by atoms with van der Waals surface area (Å²) >= 11 is 0. The number of nitrogens with zero attached hydrogens (tertiary/aromatic N) is 3. The third-order valence-corrected chi connectivity index (χ3v) is 6.32. The van der Waals surface area contributed by atoms with Crippen LogP contribution in [0.15, 0.2) is 78.6 Å². The Labute approximate surface area is 227 Å². The molecule has 1 atom stereocenters. The maximum Gasteiger partial charge on any atom is 0.410 e. The van der Waals surface area contributed by atoms with Crippen molar-refractivity contribution in [2.75, 3.05) is 31.6 Å². The van der Waals surface area contributed by atoms with Gasteiger partial charge in [-0.05, 0) is 68.8 Å². The van der Waals surface area contributed by atoms with E-state index in [1.165, 1.54) is 7.11 Å². The highest BCUT2D eigenvalue weighted by molar-refractivity contribution is 5.93. The van der Waals surface area contributed by atoms with Crippen LogP contribution < -0.4 is 14.4 Å². The first-order chi connectivity index (χ1) is 18.7. The molecule has 1 aromatic heterocycles. The Morgan fingerprint density at radius 1 is 0.923 bits per heavy atom. The SMILES string of the molecule is COC(=O)c1cc(N2C=C3CN(C(=O)OC(C)(C)C)CC3C2)cnc1Oc1ccc(Oc2ccccc2)cc1. The smallest absolute Gasteiger partial charge is 0.410 e. The lowest BCUT2D eigenvalue weighted by molar-refractivity contribution is 0.0290. The van der Waals surface area contributed by atoms with Crippen LogP contribution in [0.3, 0.4) is 0 Å². The van der Waals surface area contributed by atoms with E-state index in [4.69, 9.17) is 18.9 Å². The minimum atomic E-state index is -0.550. The maximum atomic E-state index is 12.6. The molecule has 5 rings (SSSR count). The Bertz CT molecular complexity index is 1380. The molecule has 9 nitrogen and oxygen atoms in total. The number of anilines is 1. The van der Waals surface area contributed by atoms with Gasteiger partial charge in [0.15, 0.2) is 0 Å². The fourth-order valence-corrected chi connectivity index (χ4v) is 4.50. The highest BCUT2D eigenvalue weighted by Gasteiger charge is 2.37. The van der Waals surface area contributed by atoms with Crippen molar-refractivity contribution in [2.24, 2.45) is 5.92 Å². The van der Waals surface area contributed by atoms with Crippen LogP contribution in [-0.4, -0.2) is 54.3 Å².